The maximum Gasteiger partial charge on any atom is 0.224 e. The molecule has 0 aliphatic rings. The number of halogens is 3. The molecule has 1 atom stereocenters. The molecule has 2 aromatic rings. The predicted molar refractivity (Wildman–Crippen MR) is 102 cm³/mol. The van der Waals surface area contributed by atoms with Gasteiger partial charge in [-0.1, -0.05) is 47.8 Å². The molecule has 0 saturated carbocycles. The summed E-state index contributed by atoms with van der Waals surface area (Å²) in [7, 11) is 0. The number of pyridine rings is 1. The van der Waals surface area contributed by atoms with Crippen molar-refractivity contribution in [1.29, 1.82) is 0 Å². The van der Waals surface area contributed by atoms with Crippen molar-refractivity contribution in [2.75, 3.05) is 13.2 Å². The first-order valence-corrected chi connectivity index (χ1v) is 9.02. The highest BCUT2D eigenvalue weighted by Crippen LogP contribution is 2.35. The van der Waals surface area contributed by atoms with Crippen LogP contribution in [0.5, 0.6) is 5.75 Å². The molecule has 0 radical (unpaired) electrons. The Morgan fingerprint density at radius 3 is 2.64 bits per heavy atom. The Morgan fingerprint density at radius 1 is 1.28 bits per heavy atom. The van der Waals surface area contributed by atoms with Gasteiger partial charge in [0.2, 0.25) is 5.91 Å². The first-order chi connectivity index (χ1) is 12.0. The lowest BCUT2D eigenvalue weighted by Gasteiger charge is -2.15. The van der Waals surface area contributed by atoms with Crippen molar-refractivity contribution in [3.05, 3.63) is 57.3 Å². The lowest BCUT2D eigenvalue weighted by Crippen LogP contribution is -2.30. The van der Waals surface area contributed by atoms with Gasteiger partial charge in [0.25, 0.3) is 0 Å². The molecule has 1 unspecified atom stereocenters. The van der Waals surface area contributed by atoms with Gasteiger partial charge in [-0.15, -0.1) is 0 Å². The van der Waals surface area contributed by atoms with Crippen molar-refractivity contribution in [1.82, 2.24) is 10.3 Å². The van der Waals surface area contributed by atoms with E-state index in [-0.39, 0.29) is 11.8 Å². The lowest BCUT2D eigenvalue weighted by molar-refractivity contribution is -0.120. The van der Waals surface area contributed by atoms with Crippen LogP contribution in [0.15, 0.2) is 36.7 Å². The van der Waals surface area contributed by atoms with Crippen LogP contribution < -0.4 is 10.1 Å². The molecule has 0 bridgehead atoms. The lowest BCUT2D eigenvalue weighted by atomic mass is 10.1. The molecule has 134 valence electrons. The van der Waals surface area contributed by atoms with Crippen LogP contribution in [0.1, 0.15) is 18.9 Å². The molecule has 0 saturated heterocycles. The third kappa shape index (κ3) is 6.73. The number of nitrogens with one attached hydrogen (secondary N) is 1. The average molecular weight is 402 g/mol. The Bertz CT molecular complexity index is 688. The summed E-state index contributed by atoms with van der Waals surface area (Å²) in [5.41, 5.74) is 0.892. The minimum Gasteiger partial charge on any atom is -0.490 e. The number of nitrogens with zero attached hydrogens (tertiary/aromatic N) is 1. The topological polar surface area (TPSA) is 51.2 Å². The standard InChI is InChI=1S/C18H19Cl3N2O2/c1-12(10-23-17(24)7-13-3-2-5-22-11-13)4-6-25-18-15(20)8-14(19)9-16(18)21/h2-3,5,8-9,11-12H,4,6-7,10H2,1H3,(H,23,24). The van der Waals surface area contributed by atoms with Gasteiger partial charge in [0, 0.05) is 24.0 Å². The summed E-state index contributed by atoms with van der Waals surface area (Å²) in [5.74, 6) is 0.660. The highest BCUT2D eigenvalue weighted by Gasteiger charge is 2.11. The van der Waals surface area contributed by atoms with Gasteiger partial charge in [0.05, 0.1) is 23.1 Å². The molecular weight excluding hydrogens is 383 g/mol. The predicted octanol–water partition coefficient (Wildman–Crippen LogP) is 4.81. The Labute approximate surface area is 162 Å². The van der Waals surface area contributed by atoms with Crippen molar-refractivity contribution in [3.8, 4) is 5.75 Å². The number of ether oxygens (including phenoxy) is 1. The number of hydrogen-bond acceptors (Lipinski definition) is 3. The van der Waals surface area contributed by atoms with Crippen LogP contribution in [0, 0.1) is 5.92 Å². The summed E-state index contributed by atoms with van der Waals surface area (Å²) in [4.78, 5) is 15.9. The molecule has 1 aromatic carbocycles. The number of benzene rings is 1. The fraction of sp³-hybridized carbons (Fsp3) is 0.333. The van der Waals surface area contributed by atoms with Crippen LogP contribution in [-0.4, -0.2) is 24.0 Å². The van der Waals surface area contributed by atoms with E-state index < -0.39 is 0 Å². The van der Waals surface area contributed by atoms with Crippen molar-refractivity contribution < 1.29 is 9.53 Å². The van der Waals surface area contributed by atoms with Crippen LogP contribution in [0.4, 0.5) is 0 Å². The second kappa shape index (κ2) is 9.85. The smallest absolute Gasteiger partial charge is 0.224 e. The van der Waals surface area contributed by atoms with Crippen molar-refractivity contribution >= 4 is 40.7 Å². The van der Waals surface area contributed by atoms with E-state index in [1.807, 2.05) is 19.1 Å². The van der Waals surface area contributed by atoms with Crippen molar-refractivity contribution in [2.24, 2.45) is 5.92 Å². The zero-order valence-electron chi connectivity index (χ0n) is 13.8. The van der Waals surface area contributed by atoms with Crippen LogP contribution in [0.3, 0.4) is 0 Å². The second-order valence-corrected chi connectivity index (χ2v) is 7.03. The Morgan fingerprint density at radius 2 is 2.00 bits per heavy atom. The summed E-state index contributed by atoms with van der Waals surface area (Å²) < 4.78 is 5.65. The Kier molecular flexibility index (Phi) is 7.82. The SMILES string of the molecule is CC(CCOc1c(Cl)cc(Cl)cc1Cl)CNC(=O)Cc1cccnc1. The van der Waals surface area contributed by atoms with Crippen molar-refractivity contribution in [2.45, 2.75) is 19.8 Å². The summed E-state index contributed by atoms with van der Waals surface area (Å²) in [6.45, 7) is 3.06. The molecule has 2 rings (SSSR count). The largest absolute Gasteiger partial charge is 0.490 e. The van der Waals surface area contributed by atoms with E-state index in [1.165, 1.54) is 0 Å². The van der Waals surface area contributed by atoms with Gasteiger partial charge in [-0.3, -0.25) is 9.78 Å². The summed E-state index contributed by atoms with van der Waals surface area (Å²) in [5, 5.41) is 4.15. The molecule has 0 spiro atoms. The number of amides is 1. The minimum atomic E-state index is -0.0236. The van der Waals surface area contributed by atoms with Gasteiger partial charge in [-0.2, -0.15) is 0 Å². The van der Waals surface area contributed by atoms with E-state index >= 15 is 0 Å². The molecule has 0 fully saturated rings. The fourth-order valence-corrected chi connectivity index (χ4v) is 3.10. The highest BCUT2D eigenvalue weighted by molar-refractivity contribution is 6.40. The van der Waals surface area contributed by atoms with E-state index in [0.717, 1.165) is 12.0 Å². The summed E-state index contributed by atoms with van der Waals surface area (Å²) in [6, 6.07) is 6.87. The van der Waals surface area contributed by atoms with E-state index in [1.54, 1.807) is 24.5 Å². The fourth-order valence-electron chi connectivity index (χ4n) is 2.17. The minimum absolute atomic E-state index is 0.0236. The first kappa shape index (κ1) is 19.8. The van der Waals surface area contributed by atoms with E-state index in [0.29, 0.717) is 40.4 Å². The van der Waals surface area contributed by atoms with Gasteiger partial charge in [0.15, 0.2) is 5.75 Å². The number of carbonyl (C=O) groups excluding carboxylic acids is 1. The van der Waals surface area contributed by atoms with Gasteiger partial charge in [-0.05, 0) is 36.1 Å². The van der Waals surface area contributed by atoms with E-state index in [4.69, 9.17) is 39.5 Å². The quantitative estimate of drug-likeness (QED) is 0.691. The van der Waals surface area contributed by atoms with Gasteiger partial charge in [0.1, 0.15) is 0 Å². The third-order valence-electron chi connectivity index (χ3n) is 3.56. The molecule has 1 N–H and O–H groups in total. The average Bonchev–Trinajstić information content (AvgIpc) is 2.56. The maximum absolute atomic E-state index is 11.9. The molecule has 1 amide bonds. The number of carbonyl (C=O) groups is 1. The monoisotopic (exact) mass is 400 g/mol. The Balaban J connectivity index is 1.70. The molecule has 25 heavy (non-hydrogen) atoms. The van der Waals surface area contributed by atoms with E-state index in [2.05, 4.69) is 10.3 Å². The normalized spacial score (nSPS) is 11.8. The highest BCUT2D eigenvalue weighted by atomic mass is 35.5. The molecule has 1 aromatic heterocycles. The van der Waals surface area contributed by atoms with Crippen molar-refractivity contribution in [3.63, 3.8) is 0 Å². The molecular formula is C18H19Cl3N2O2. The van der Waals surface area contributed by atoms with Gasteiger partial charge >= 0.3 is 0 Å². The van der Waals surface area contributed by atoms with Gasteiger partial charge in [-0.25, -0.2) is 0 Å². The van der Waals surface area contributed by atoms with Crippen LogP contribution in [-0.2, 0) is 11.2 Å². The molecule has 1 heterocycles. The third-order valence-corrected chi connectivity index (χ3v) is 4.33. The van der Waals surface area contributed by atoms with Crippen LogP contribution >= 0.6 is 34.8 Å². The zero-order chi connectivity index (χ0) is 18.2. The molecule has 7 heteroatoms. The zero-order valence-corrected chi connectivity index (χ0v) is 16.0. The second-order valence-electron chi connectivity index (χ2n) is 5.78. The van der Waals surface area contributed by atoms with Gasteiger partial charge < -0.3 is 10.1 Å². The van der Waals surface area contributed by atoms with Crippen LogP contribution in [0.2, 0.25) is 15.1 Å². The first-order valence-electron chi connectivity index (χ1n) is 7.88. The molecule has 4 nitrogen and oxygen atoms in total. The molecule has 0 aliphatic heterocycles. The molecule has 0 aliphatic carbocycles. The number of rotatable bonds is 8. The van der Waals surface area contributed by atoms with Crippen LogP contribution in [0.25, 0.3) is 0 Å². The summed E-state index contributed by atoms with van der Waals surface area (Å²) >= 11 is 18.0. The number of aromatic nitrogens is 1. The summed E-state index contributed by atoms with van der Waals surface area (Å²) in [6.07, 6.45) is 4.45. The number of hydrogen-bond donors (Lipinski definition) is 1. The maximum atomic E-state index is 11.9. The Hall–Kier alpha value is -1.49. The van der Waals surface area contributed by atoms with E-state index in [9.17, 15) is 4.79 Å².